The molecule has 1 unspecified atom stereocenters. The van der Waals surface area contributed by atoms with Crippen LogP contribution in [0.2, 0.25) is 0 Å². The summed E-state index contributed by atoms with van der Waals surface area (Å²) in [5.41, 5.74) is 5.63. The first-order chi connectivity index (χ1) is 9.56. The highest BCUT2D eigenvalue weighted by Crippen LogP contribution is 2.13. The van der Waals surface area contributed by atoms with E-state index in [1.54, 1.807) is 0 Å². The zero-order chi connectivity index (χ0) is 14.5. The fourth-order valence-corrected chi connectivity index (χ4v) is 2.21. The molecule has 2 rings (SSSR count). The van der Waals surface area contributed by atoms with Crippen LogP contribution in [-0.2, 0) is 12.8 Å². The summed E-state index contributed by atoms with van der Waals surface area (Å²) in [6.07, 6.45) is 1.17. The van der Waals surface area contributed by atoms with Crippen molar-refractivity contribution in [2.75, 3.05) is 0 Å². The van der Waals surface area contributed by atoms with E-state index in [4.69, 9.17) is 5.84 Å². The highest BCUT2D eigenvalue weighted by Gasteiger charge is 2.10. The highest BCUT2D eigenvalue weighted by atomic mass is 19.1. The predicted octanol–water partition coefficient (Wildman–Crippen LogP) is 2.89. The lowest BCUT2D eigenvalue weighted by molar-refractivity contribution is 0.516. The lowest BCUT2D eigenvalue weighted by atomic mass is 9.99. The van der Waals surface area contributed by atoms with Crippen LogP contribution in [0.3, 0.4) is 0 Å². The van der Waals surface area contributed by atoms with Gasteiger partial charge in [0.2, 0.25) is 0 Å². The fourth-order valence-electron chi connectivity index (χ4n) is 2.21. The van der Waals surface area contributed by atoms with Crippen LogP contribution >= 0.6 is 0 Å². The van der Waals surface area contributed by atoms with Gasteiger partial charge in [-0.15, -0.1) is 0 Å². The van der Waals surface area contributed by atoms with Gasteiger partial charge in [0.05, 0.1) is 0 Å². The quantitative estimate of drug-likeness (QED) is 0.651. The number of halogens is 2. The zero-order valence-electron chi connectivity index (χ0n) is 11.4. The third-order valence-corrected chi connectivity index (χ3v) is 3.24. The summed E-state index contributed by atoms with van der Waals surface area (Å²) in [4.78, 5) is 0. The van der Waals surface area contributed by atoms with Crippen LogP contribution in [0.5, 0.6) is 0 Å². The van der Waals surface area contributed by atoms with Gasteiger partial charge in [0.1, 0.15) is 11.6 Å². The molecule has 0 aromatic heterocycles. The molecule has 0 aliphatic rings. The van der Waals surface area contributed by atoms with Gasteiger partial charge in [-0.25, -0.2) is 8.78 Å². The smallest absolute Gasteiger partial charge is 0.126 e. The maximum atomic E-state index is 13.2. The molecule has 2 aromatic carbocycles. The molecule has 0 aliphatic heterocycles. The van der Waals surface area contributed by atoms with E-state index in [0.29, 0.717) is 18.4 Å². The van der Waals surface area contributed by atoms with Gasteiger partial charge in [-0.3, -0.25) is 11.3 Å². The summed E-state index contributed by atoms with van der Waals surface area (Å²) in [6, 6.07) is 11.6. The summed E-state index contributed by atoms with van der Waals surface area (Å²) < 4.78 is 26.3. The second kappa shape index (κ2) is 6.59. The fraction of sp³-hybridized carbons (Fsp3) is 0.250. The molecule has 0 saturated heterocycles. The Bertz CT molecular complexity index is 547. The van der Waals surface area contributed by atoms with Crippen molar-refractivity contribution in [3.8, 4) is 0 Å². The van der Waals surface area contributed by atoms with Crippen LogP contribution in [0.15, 0.2) is 42.5 Å². The summed E-state index contributed by atoms with van der Waals surface area (Å²) in [6.45, 7) is 2.03. The Kier molecular flexibility index (Phi) is 4.82. The van der Waals surface area contributed by atoms with Crippen molar-refractivity contribution in [3.63, 3.8) is 0 Å². The molecular formula is C16H18F2N2. The number of nitrogens with one attached hydrogen (secondary N) is 1. The second-order valence-electron chi connectivity index (χ2n) is 5.04. The van der Waals surface area contributed by atoms with Gasteiger partial charge in [-0.2, -0.15) is 0 Å². The van der Waals surface area contributed by atoms with Crippen molar-refractivity contribution in [2.45, 2.75) is 25.8 Å². The molecule has 2 aromatic rings. The maximum Gasteiger partial charge on any atom is 0.126 e. The number of hydrogen-bond acceptors (Lipinski definition) is 2. The van der Waals surface area contributed by atoms with Crippen molar-refractivity contribution in [2.24, 2.45) is 5.84 Å². The Morgan fingerprint density at radius 3 is 2.05 bits per heavy atom. The molecule has 0 amide bonds. The largest absolute Gasteiger partial charge is 0.271 e. The molecule has 1 atom stereocenters. The third kappa shape index (κ3) is 4.11. The van der Waals surface area contributed by atoms with Crippen LogP contribution in [0.1, 0.15) is 16.7 Å². The van der Waals surface area contributed by atoms with Gasteiger partial charge >= 0.3 is 0 Å². The van der Waals surface area contributed by atoms with Gasteiger partial charge in [0.15, 0.2) is 0 Å². The Hall–Kier alpha value is -1.78. The number of nitrogens with two attached hydrogens (primary N) is 1. The van der Waals surface area contributed by atoms with Crippen LogP contribution in [0, 0.1) is 18.6 Å². The normalized spacial score (nSPS) is 12.4. The van der Waals surface area contributed by atoms with E-state index >= 15 is 0 Å². The third-order valence-electron chi connectivity index (χ3n) is 3.24. The van der Waals surface area contributed by atoms with E-state index in [9.17, 15) is 8.78 Å². The van der Waals surface area contributed by atoms with Gasteiger partial charge < -0.3 is 0 Å². The molecule has 2 nitrogen and oxygen atoms in total. The van der Waals surface area contributed by atoms with E-state index in [1.165, 1.54) is 17.7 Å². The van der Waals surface area contributed by atoms with Crippen LogP contribution in [0.25, 0.3) is 0 Å². The van der Waals surface area contributed by atoms with Gasteiger partial charge in [-0.05, 0) is 43.0 Å². The molecule has 106 valence electrons. The van der Waals surface area contributed by atoms with E-state index in [-0.39, 0.29) is 6.04 Å². The molecule has 20 heavy (non-hydrogen) atoms. The Balaban J connectivity index is 2.06. The zero-order valence-corrected chi connectivity index (χ0v) is 11.4. The minimum absolute atomic E-state index is 0.0705. The molecular weight excluding hydrogens is 258 g/mol. The van der Waals surface area contributed by atoms with Crippen molar-refractivity contribution in [3.05, 3.63) is 70.8 Å². The number of rotatable bonds is 5. The minimum atomic E-state index is -0.564. The Labute approximate surface area is 117 Å². The first kappa shape index (κ1) is 14.6. The lowest BCUT2D eigenvalue weighted by Crippen LogP contribution is -2.38. The van der Waals surface area contributed by atoms with Crippen molar-refractivity contribution < 1.29 is 8.78 Å². The molecule has 4 heteroatoms. The number of aryl methyl sites for hydroxylation is 1. The maximum absolute atomic E-state index is 13.2. The Morgan fingerprint density at radius 1 is 0.950 bits per heavy atom. The Morgan fingerprint density at radius 2 is 1.50 bits per heavy atom. The lowest BCUT2D eigenvalue weighted by Gasteiger charge is -2.16. The molecule has 0 fully saturated rings. The highest BCUT2D eigenvalue weighted by molar-refractivity contribution is 5.23. The van der Waals surface area contributed by atoms with Gasteiger partial charge in [0, 0.05) is 12.1 Å². The van der Waals surface area contributed by atoms with E-state index in [1.807, 2.05) is 31.2 Å². The molecule has 0 saturated carbocycles. The van der Waals surface area contributed by atoms with Gasteiger partial charge in [0.25, 0.3) is 0 Å². The molecule has 0 bridgehead atoms. The summed E-state index contributed by atoms with van der Waals surface area (Å²) in [5, 5.41) is 0. The van der Waals surface area contributed by atoms with E-state index in [2.05, 4.69) is 5.43 Å². The predicted molar refractivity (Wildman–Crippen MR) is 76.1 cm³/mol. The average Bonchev–Trinajstić information content (AvgIpc) is 2.39. The second-order valence-corrected chi connectivity index (χ2v) is 5.04. The van der Waals surface area contributed by atoms with E-state index in [0.717, 1.165) is 11.6 Å². The van der Waals surface area contributed by atoms with Crippen molar-refractivity contribution in [1.29, 1.82) is 0 Å². The molecule has 3 N–H and O–H groups in total. The van der Waals surface area contributed by atoms with Crippen LogP contribution in [-0.4, -0.2) is 6.04 Å². The molecule has 0 aliphatic carbocycles. The molecule has 0 heterocycles. The number of hydrogen-bond donors (Lipinski definition) is 2. The number of benzene rings is 2. The molecule has 0 radical (unpaired) electrons. The van der Waals surface area contributed by atoms with Gasteiger partial charge in [-0.1, -0.05) is 29.8 Å². The topological polar surface area (TPSA) is 38.0 Å². The monoisotopic (exact) mass is 276 g/mol. The van der Waals surface area contributed by atoms with E-state index < -0.39 is 11.6 Å². The minimum Gasteiger partial charge on any atom is -0.271 e. The SMILES string of the molecule is Cc1ccc(CC(Cc2cc(F)cc(F)c2)NN)cc1. The van der Waals surface area contributed by atoms with Crippen LogP contribution < -0.4 is 11.3 Å². The summed E-state index contributed by atoms with van der Waals surface area (Å²) in [7, 11) is 0. The first-order valence-electron chi connectivity index (χ1n) is 6.53. The number of hydrazine groups is 1. The first-order valence-corrected chi connectivity index (χ1v) is 6.53. The molecule has 0 spiro atoms. The van der Waals surface area contributed by atoms with Crippen molar-refractivity contribution in [1.82, 2.24) is 5.43 Å². The summed E-state index contributed by atoms with van der Waals surface area (Å²) >= 11 is 0. The average molecular weight is 276 g/mol. The van der Waals surface area contributed by atoms with Crippen LogP contribution in [0.4, 0.5) is 8.78 Å². The van der Waals surface area contributed by atoms with Crippen molar-refractivity contribution >= 4 is 0 Å². The summed E-state index contributed by atoms with van der Waals surface area (Å²) in [5.74, 6) is 4.41. The standard InChI is InChI=1S/C16H18F2N2/c1-11-2-4-12(5-3-11)8-16(20-19)9-13-6-14(17)10-15(18)7-13/h2-7,10,16,20H,8-9,19H2,1H3.